The Bertz CT molecular complexity index is 1430. The Morgan fingerprint density at radius 2 is 1.57 bits per heavy atom. The molecule has 0 aliphatic heterocycles. The van der Waals surface area contributed by atoms with Gasteiger partial charge in [0, 0.05) is 10.0 Å². The van der Waals surface area contributed by atoms with Gasteiger partial charge < -0.3 is 14.2 Å². The van der Waals surface area contributed by atoms with Gasteiger partial charge in [0.2, 0.25) is 0 Å². The van der Waals surface area contributed by atoms with Crippen LogP contribution in [-0.4, -0.2) is 32.3 Å². The van der Waals surface area contributed by atoms with Crippen LogP contribution < -0.4 is 19.6 Å². The van der Waals surface area contributed by atoms with Crippen molar-refractivity contribution in [3.63, 3.8) is 0 Å². The molecule has 176 valence electrons. The van der Waals surface area contributed by atoms with Crippen molar-refractivity contribution in [2.24, 2.45) is 5.10 Å². The van der Waals surface area contributed by atoms with Gasteiger partial charge in [-0.1, -0.05) is 42.5 Å². The number of methoxy groups -OCH3 is 2. The maximum atomic E-state index is 12.9. The third-order valence-electron chi connectivity index (χ3n) is 5.23. The van der Waals surface area contributed by atoms with Gasteiger partial charge in [-0.3, -0.25) is 4.79 Å². The van der Waals surface area contributed by atoms with Crippen molar-refractivity contribution >= 4 is 44.8 Å². The Kier molecular flexibility index (Phi) is 7.42. The third kappa shape index (κ3) is 5.33. The average Bonchev–Trinajstić information content (AvgIpc) is 2.89. The number of ether oxygens (including phenoxy) is 3. The first-order valence-electron chi connectivity index (χ1n) is 10.6. The summed E-state index contributed by atoms with van der Waals surface area (Å²) in [7, 11) is 3.01. The standard InChI is InChI=1S/C27H21BrN2O5/c1-33-24-14-12-18(15-25(24)34-2)27(32)35-23-13-11-17-7-3-4-8-19(17)21(23)16-29-30-26(31)20-9-5-6-10-22(20)28/h3-16H,1-2H3,(H,30,31)/b29-16-. The van der Waals surface area contributed by atoms with E-state index in [1.807, 2.05) is 36.4 Å². The van der Waals surface area contributed by atoms with Crippen molar-refractivity contribution in [3.05, 3.63) is 100 Å². The van der Waals surface area contributed by atoms with Gasteiger partial charge in [0.15, 0.2) is 11.5 Å². The molecule has 0 atom stereocenters. The van der Waals surface area contributed by atoms with E-state index in [4.69, 9.17) is 14.2 Å². The Balaban J connectivity index is 1.64. The lowest BCUT2D eigenvalue weighted by atomic mass is 10.0. The lowest BCUT2D eigenvalue weighted by Crippen LogP contribution is -2.18. The average molecular weight is 533 g/mol. The van der Waals surface area contributed by atoms with Gasteiger partial charge >= 0.3 is 5.97 Å². The molecule has 0 saturated carbocycles. The number of rotatable bonds is 7. The number of carbonyl (C=O) groups is 2. The van der Waals surface area contributed by atoms with E-state index in [2.05, 4.69) is 26.5 Å². The van der Waals surface area contributed by atoms with Crippen LogP contribution in [0.3, 0.4) is 0 Å². The van der Waals surface area contributed by atoms with Crippen LogP contribution in [0.1, 0.15) is 26.3 Å². The minimum absolute atomic E-state index is 0.293. The van der Waals surface area contributed by atoms with Crippen molar-refractivity contribution in [1.29, 1.82) is 0 Å². The van der Waals surface area contributed by atoms with Gasteiger partial charge in [-0.05, 0) is 63.1 Å². The summed E-state index contributed by atoms with van der Waals surface area (Å²) in [6.45, 7) is 0. The van der Waals surface area contributed by atoms with Gasteiger partial charge in [-0.15, -0.1) is 0 Å². The zero-order chi connectivity index (χ0) is 24.8. The number of nitrogens with one attached hydrogen (secondary N) is 1. The summed E-state index contributed by atoms with van der Waals surface area (Å²) >= 11 is 3.36. The van der Waals surface area contributed by atoms with Crippen molar-refractivity contribution in [1.82, 2.24) is 5.43 Å². The first-order chi connectivity index (χ1) is 17.0. The SMILES string of the molecule is COc1ccc(C(=O)Oc2ccc3ccccc3c2/C=N\NC(=O)c2ccccc2Br)cc1OC. The lowest BCUT2D eigenvalue weighted by molar-refractivity contribution is 0.0734. The second kappa shape index (κ2) is 10.8. The van der Waals surface area contributed by atoms with Crippen LogP contribution in [0.25, 0.3) is 10.8 Å². The van der Waals surface area contributed by atoms with Crippen LogP contribution in [0.2, 0.25) is 0 Å². The maximum Gasteiger partial charge on any atom is 0.343 e. The quantitative estimate of drug-likeness (QED) is 0.145. The summed E-state index contributed by atoms with van der Waals surface area (Å²) in [5, 5.41) is 5.86. The van der Waals surface area contributed by atoms with Crippen LogP contribution in [0.4, 0.5) is 0 Å². The van der Waals surface area contributed by atoms with Crippen LogP contribution in [0.15, 0.2) is 88.4 Å². The van der Waals surface area contributed by atoms with Crippen molar-refractivity contribution in [3.8, 4) is 17.2 Å². The van der Waals surface area contributed by atoms with Gasteiger partial charge in [0.1, 0.15) is 5.75 Å². The minimum Gasteiger partial charge on any atom is -0.493 e. The van der Waals surface area contributed by atoms with E-state index in [1.54, 1.807) is 42.5 Å². The molecule has 0 spiro atoms. The second-order valence-corrected chi connectivity index (χ2v) is 8.19. The van der Waals surface area contributed by atoms with E-state index >= 15 is 0 Å². The van der Waals surface area contributed by atoms with Crippen molar-refractivity contribution in [2.45, 2.75) is 0 Å². The van der Waals surface area contributed by atoms with Gasteiger partial charge in [-0.25, -0.2) is 10.2 Å². The van der Waals surface area contributed by atoms with Crippen LogP contribution in [-0.2, 0) is 0 Å². The molecule has 0 aromatic heterocycles. The highest BCUT2D eigenvalue weighted by Gasteiger charge is 2.16. The number of hydrogen-bond donors (Lipinski definition) is 1. The Hall–Kier alpha value is -4.17. The number of carbonyl (C=O) groups excluding carboxylic acids is 2. The molecule has 0 radical (unpaired) electrons. The molecule has 1 N–H and O–H groups in total. The van der Waals surface area contributed by atoms with Gasteiger partial charge in [0.05, 0.1) is 31.6 Å². The molecule has 4 rings (SSSR count). The molecule has 0 aliphatic rings. The molecule has 8 heteroatoms. The molecular formula is C27H21BrN2O5. The molecule has 0 fully saturated rings. The number of nitrogens with zero attached hydrogens (tertiary/aromatic N) is 1. The topological polar surface area (TPSA) is 86.2 Å². The van der Waals surface area contributed by atoms with E-state index in [0.29, 0.717) is 38.4 Å². The fourth-order valence-corrected chi connectivity index (χ4v) is 3.95. The molecule has 4 aromatic carbocycles. The molecule has 35 heavy (non-hydrogen) atoms. The largest absolute Gasteiger partial charge is 0.493 e. The zero-order valence-electron chi connectivity index (χ0n) is 18.9. The third-order valence-corrected chi connectivity index (χ3v) is 5.92. The molecule has 0 saturated heterocycles. The smallest absolute Gasteiger partial charge is 0.343 e. The number of hydrogen-bond acceptors (Lipinski definition) is 6. The van der Waals surface area contributed by atoms with Gasteiger partial charge in [-0.2, -0.15) is 5.10 Å². The summed E-state index contributed by atoms with van der Waals surface area (Å²) in [4.78, 5) is 25.5. The number of amides is 1. The fraction of sp³-hybridized carbons (Fsp3) is 0.0741. The van der Waals surface area contributed by atoms with E-state index in [0.717, 1.165) is 10.8 Å². The van der Waals surface area contributed by atoms with E-state index in [1.165, 1.54) is 20.4 Å². The number of esters is 1. The number of hydrazone groups is 1. The Morgan fingerprint density at radius 1 is 0.857 bits per heavy atom. The van der Waals surface area contributed by atoms with Crippen molar-refractivity contribution in [2.75, 3.05) is 14.2 Å². The highest BCUT2D eigenvalue weighted by Crippen LogP contribution is 2.30. The first kappa shape index (κ1) is 24.0. The van der Waals surface area contributed by atoms with Crippen LogP contribution >= 0.6 is 15.9 Å². The van der Waals surface area contributed by atoms with E-state index in [-0.39, 0.29) is 5.91 Å². The molecule has 0 heterocycles. The summed E-state index contributed by atoms with van der Waals surface area (Å²) < 4.78 is 16.9. The summed E-state index contributed by atoms with van der Waals surface area (Å²) in [6.07, 6.45) is 1.47. The van der Waals surface area contributed by atoms with E-state index in [9.17, 15) is 9.59 Å². The summed E-state index contributed by atoms with van der Waals surface area (Å²) in [6, 6.07) is 23.0. The summed E-state index contributed by atoms with van der Waals surface area (Å²) in [5.74, 6) is 0.258. The molecular weight excluding hydrogens is 512 g/mol. The van der Waals surface area contributed by atoms with Gasteiger partial charge in [0.25, 0.3) is 5.91 Å². The first-order valence-corrected chi connectivity index (χ1v) is 11.3. The lowest BCUT2D eigenvalue weighted by Gasteiger charge is -2.12. The zero-order valence-corrected chi connectivity index (χ0v) is 20.5. The predicted molar refractivity (Wildman–Crippen MR) is 138 cm³/mol. The Morgan fingerprint density at radius 3 is 2.34 bits per heavy atom. The van der Waals surface area contributed by atoms with Crippen molar-refractivity contribution < 1.29 is 23.8 Å². The molecule has 4 aromatic rings. The molecule has 7 nitrogen and oxygen atoms in total. The number of fused-ring (bicyclic) bond motifs is 1. The van der Waals surface area contributed by atoms with Crippen LogP contribution in [0, 0.1) is 0 Å². The Labute approximate surface area is 210 Å². The molecule has 0 bridgehead atoms. The summed E-state index contributed by atoms with van der Waals surface area (Å²) in [5.41, 5.74) is 3.81. The normalized spacial score (nSPS) is 10.8. The molecule has 0 unspecified atom stereocenters. The molecule has 0 aliphatic carbocycles. The van der Waals surface area contributed by atoms with E-state index < -0.39 is 5.97 Å². The highest BCUT2D eigenvalue weighted by molar-refractivity contribution is 9.10. The highest BCUT2D eigenvalue weighted by atomic mass is 79.9. The predicted octanol–water partition coefficient (Wildman–Crippen LogP) is 5.60. The number of halogens is 1. The minimum atomic E-state index is -0.576. The fourth-order valence-electron chi connectivity index (χ4n) is 3.48. The number of benzene rings is 4. The van der Waals surface area contributed by atoms with Crippen LogP contribution in [0.5, 0.6) is 17.2 Å². The molecule has 1 amide bonds. The maximum absolute atomic E-state index is 12.9. The monoisotopic (exact) mass is 532 g/mol. The second-order valence-electron chi connectivity index (χ2n) is 7.34.